The number of nitrogens with zero attached hydrogens (tertiary/aromatic N) is 2. The predicted molar refractivity (Wildman–Crippen MR) is 157 cm³/mol. The Kier molecular flexibility index (Phi) is 10.2. The molecule has 0 spiro atoms. The average Bonchev–Trinajstić information content (AvgIpc) is 2.82. The Morgan fingerprint density at radius 3 is 2.45 bits per heavy atom. The molecule has 2 aromatic rings. The van der Waals surface area contributed by atoms with Crippen LogP contribution in [-0.4, -0.2) is 50.2 Å². The summed E-state index contributed by atoms with van der Waals surface area (Å²) in [5.41, 5.74) is 9.36. The minimum absolute atomic E-state index is 0. The van der Waals surface area contributed by atoms with Crippen LogP contribution in [0.25, 0.3) is 0 Å². The summed E-state index contributed by atoms with van der Waals surface area (Å²) in [6.07, 6.45) is 0.469. The van der Waals surface area contributed by atoms with Gasteiger partial charge in [-0.05, 0) is 66.5 Å². The maximum Gasteiger partial charge on any atom is 0.416 e. The molecule has 4 nitrogen and oxygen atoms in total. The zero-order valence-corrected chi connectivity index (χ0v) is 24.5. The standard InChI is InChI=1S/C28H37F3N4S.2ClH/c1-27(2)8-3-10-35(18-27)22-5-4-19-14-23-24(33-21-6-11-34(12-7-21)13-9-32)15-20(28(29,30)31)16-26(23)36-25(19)17-22;;/h4-5,15-17,21,33H,3,6-14,18,32H2,1-2H3;2*1H. The zero-order chi connectivity index (χ0) is 25.5. The molecule has 0 unspecified atom stereocenters. The molecular formula is C28H39Cl2F3N4S. The van der Waals surface area contributed by atoms with Gasteiger partial charge >= 0.3 is 6.18 Å². The van der Waals surface area contributed by atoms with Gasteiger partial charge in [0, 0.05) is 72.9 Å². The van der Waals surface area contributed by atoms with E-state index in [2.05, 4.69) is 47.2 Å². The van der Waals surface area contributed by atoms with E-state index in [-0.39, 0.29) is 36.3 Å². The van der Waals surface area contributed by atoms with Crippen molar-refractivity contribution in [2.45, 2.75) is 68.0 Å². The van der Waals surface area contributed by atoms with E-state index < -0.39 is 11.7 Å². The quantitative estimate of drug-likeness (QED) is 0.333. The van der Waals surface area contributed by atoms with Crippen LogP contribution in [0.15, 0.2) is 40.1 Å². The van der Waals surface area contributed by atoms with Gasteiger partial charge in [0.2, 0.25) is 0 Å². The molecule has 212 valence electrons. The largest absolute Gasteiger partial charge is 0.416 e. The number of halogens is 5. The molecule has 2 fully saturated rings. The molecule has 3 N–H and O–H groups in total. The van der Waals surface area contributed by atoms with Gasteiger partial charge < -0.3 is 20.9 Å². The van der Waals surface area contributed by atoms with Gasteiger partial charge in [-0.3, -0.25) is 0 Å². The van der Waals surface area contributed by atoms with E-state index in [1.54, 1.807) is 0 Å². The number of alkyl halides is 3. The molecule has 3 aliphatic rings. The van der Waals surface area contributed by atoms with Gasteiger partial charge in [0.15, 0.2) is 0 Å². The van der Waals surface area contributed by atoms with Crippen LogP contribution in [0.5, 0.6) is 0 Å². The lowest BCUT2D eigenvalue weighted by Gasteiger charge is -2.40. The van der Waals surface area contributed by atoms with E-state index >= 15 is 0 Å². The number of fused-ring (bicyclic) bond motifs is 2. The molecule has 0 bridgehead atoms. The van der Waals surface area contributed by atoms with Crippen molar-refractivity contribution in [3.05, 3.63) is 47.0 Å². The number of nitrogens with one attached hydrogen (secondary N) is 1. The second-order valence-corrected chi connectivity index (χ2v) is 12.4. The molecule has 0 amide bonds. The molecule has 2 saturated heterocycles. The highest BCUT2D eigenvalue weighted by Crippen LogP contribution is 2.47. The second-order valence-electron chi connectivity index (χ2n) is 11.3. The highest BCUT2D eigenvalue weighted by Gasteiger charge is 2.34. The van der Waals surface area contributed by atoms with E-state index in [1.165, 1.54) is 41.6 Å². The van der Waals surface area contributed by atoms with Crippen molar-refractivity contribution in [1.82, 2.24) is 4.90 Å². The number of hydrogen-bond donors (Lipinski definition) is 2. The van der Waals surface area contributed by atoms with Crippen LogP contribution >= 0.6 is 36.6 Å². The highest BCUT2D eigenvalue weighted by molar-refractivity contribution is 7.99. The first-order chi connectivity index (χ1) is 17.1. The van der Waals surface area contributed by atoms with E-state index in [1.807, 2.05) is 0 Å². The Bertz CT molecular complexity index is 1100. The molecule has 5 rings (SSSR count). The molecule has 0 aliphatic carbocycles. The average molecular weight is 592 g/mol. The third kappa shape index (κ3) is 7.05. The fourth-order valence-electron chi connectivity index (χ4n) is 5.85. The van der Waals surface area contributed by atoms with Crippen LogP contribution in [0.1, 0.15) is 56.2 Å². The summed E-state index contributed by atoms with van der Waals surface area (Å²) in [5.74, 6) is 0. The Morgan fingerprint density at radius 1 is 1.05 bits per heavy atom. The van der Waals surface area contributed by atoms with Gasteiger partial charge in [0.05, 0.1) is 5.56 Å². The predicted octanol–water partition coefficient (Wildman–Crippen LogP) is 7.07. The first-order valence-corrected chi connectivity index (χ1v) is 13.9. The van der Waals surface area contributed by atoms with Gasteiger partial charge in [-0.1, -0.05) is 31.7 Å². The van der Waals surface area contributed by atoms with Gasteiger partial charge in [-0.2, -0.15) is 13.2 Å². The molecule has 10 heteroatoms. The summed E-state index contributed by atoms with van der Waals surface area (Å²) < 4.78 is 41.6. The van der Waals surface area contributed by atoms with Crippen LogP contribution in [0.4, 0.5) is 24.5 Å². The SMILES string of the molecule is CC1(C)CCCN(c2ccc3c(c2)Sc2cc(C(F)(F)F)cc(NC4CCN(CCN)CC4)c2C3)C1.Cl.Cl. The fraction of sp³-hybridized carbons (Fsp3) is 0.571. The number of nitrogens with two attached hydrogens (primary N) is 1. The van der Waals surface area contributed by atoms with Crippen molar-refractivity contribution in [2.24, 2.45) is 11.1 Å². The maximum atomic E-state index is 13.9. The summed E-state index contributed by atoms with van der Waals surface area (Å²) in [5, 5.41) is 3.51. The number of benzene rings is 2. The summed E-state index contributed by atoms with van der Waals surface area (Å²) in [6, 6.07) is 9.38. The van der Waals surface area contributed by atoms with Gasteiger partial charge in [0.25, 0.3) is 0 Å². The van der Waals surface area contributed by atoms with Crippen LogP contribution in [0, 0.1) is 5.41 Å². The second kappa shape index (κ2) is 12.5. The number of anilines is 2. The smallest absolute Gasteiger partial charge is 0.382 e. The van der Waals surface area contributed by atoms with Crippen LogP contribution in [-0.2, 0) is 12.6 Å². The highest BCUT2D eigenvalue weighted by atomic mass is 35.5. The lowest BCUT2D eigenvalue weighted by Crippen LogP contribution is -2.41. The first kappa shape index (κ1) is 31.2. The van der Waals surface area contributed by atoms with Crippen LogP contribution in [0.3, 0.4) is 0 Å². The van der Waals surface area contributed by atoms with Gasteiger partial charge in [-0.25, -0.2) is 0 Å². The Labute approximate surface area is 241 Å². The molecule has 3 heterocycles. The summed E-state index contributed by atoms with van der Waals surface area (Å²) in [4.78, 5) is 6.54. The van der Waals surface area contributed by atoms with Crippen molar-refractivity contribution in [3.63, 3.8) is 0 Å². The lowest BCUT2D eigenvalue weighted by molar-refractivity contribution is -0.137. The van der Waals surface area contributed by atoms with E-state index in [4.69, 9.17) is 5.73 Å². The van der Waals surface area contributed by atoms with E-state index in [0.717, 1.165) is 67.3 Å². The van der Waals surface area contributed by atoms with Gasteiger partial charge in [-0.15, -0.1) is 24.8 Å². The molecule has 2 aromatic carbocycles. The summed E-state index contributed by atoms with van der Waals surface area (Å²) in [6.45, 7) is 9.98. The molecule has 0 radical (unpaired) electrons. The third-order valence-corrected chi connectivity index (χ3v) is 9.02. The molecule has 0 aromatic heterocycles. The van der Waals surface area contributed by atoms with Crippen LogP contribution in [0.2, 0.25) is 0 Å². The molecule has 0 saturated carbocycles. The maximum absolute atomic E-state index is 13.9. The first-order valence-electron chi connectivity index (χ1n) is 13.1. The van der Waals surface area contributed by atoms with Crippen molar-refractivity contribution < 1.29 is 13.2 Å². The molecular weight excluding hydrogens is 552 g/mol. The third-order valence-electron chi connectivity index (χ3n) is 7.83. The Balaban J connectivity index is 0.00000200. The van der Waals surface area contributed by atoms with Crippen molar-refractivity contribution >= 4 is 48.0 Å². The number of rotatable bonds is 5. The van der Waals surface area contributed by atoms with Crippen molar-refractivity contribution in [3.8, 4) is 0 Å². The summed E-state index contributed by atoms with van der Waals surface area (Å²) >= 11 is 1.49. The number of hydrogen-bond acceptors (Lipinski definition) is 5. The lowest BCUT2D eigenvalue weighted by atomic mass is 9.84. The molecule has 38 heavy (non-hydrogen) atoms. The Morgan fingerprint density at radius 2 is 1.79 bits per heavy atom. The summed E-state index contributed by atoms with van der Waals surface area (Å²) in [7, 11) is 0. The monoisotopic (exact) mass is 590 g/mol. The van der Waals surface area contributed by atoms with E-state index in [0.29, 0.717) is 18.7 Å². The topological polar surface area (TPSA) is 44.5 Å². The van der Waals surface area contributed by atoms with Crippen LogP contribution < -0.4 is 16.0 Å². The molecule has 3 aliphatic heterocycles. The number of likely N-dealkylation sites (tertiary alicyclic amines) is 1. The van der Waals surface area contributed by atoms with E-state index in [9.17, 15) is 13.2 Å². The van der Waals surface area contributed by atoms with Crippen molar-refractivity contribution in [2.75, 3.05) is 49.5 Å². The van der Waals surface area contributed by atoms with Crippen molar-refractivity contribution in [1.29, 1.82) is 0 Å². The van der Waals surface area contributed by atoms with Gasteiger partial charge in [0.1, 0.15) is 0 Å². The number of piperidine rings is 2. The minimum Gasteiger partial charge on any atom is -0.382 e. The normalized spacial score (nSPS) is 19.6. The zero-order valence-electron chi connectivity index (χ0n) is 22.1. The Hall–Kier alpha value is -1.32. The minimum atomic E-state index is -4.38. The molecule has 0 atom stereocenters. The fourth-order valence-corrected chi connectivity index (χ4v) is 7.03.